The molecule has 0 heterocycles. The molecule has 0 amide bonds. The molecule has 0 N–H and O–H groups in total. The number of ketones is 1. The lowest BCUT2D eigenvalue weighted by Crippen LogP contribution is -1.96. The summed E-state index contributed by atoms with van der Waals surface area (Å²) < 4.78 is 0. The number of carbonyl (C=O) groups is 1. The number of hydrogen-bond donors (Lipinski definition) is 0. The molecule has 1 rings (SSSR count). The molecule has 1 aromatic carbocycles. The van der Waals surface area contributed by atoms with Gasteiger partial charge >= 0.3 is 0 Å². The predicted molar refractivity (Wildman–Crippen MR) is 74.3 cm³/mol. The Kier molecular flexibility index (Phi) is 4.95. The fraction of sp³-hybridized carbons (Fsp3) is 0.400. The SMILES string of the molecule is CC(=O)/C=C(\C)c1ccc(CC(C)C)c(Cl)c1. The fourth-order valence-electron chi connectivity index (χ4n) is 1.79. The van der Waals surface area contributed by atoms with E-state index in [0.29, 0.717) is 5.92 Å². The second kappa shape index (κ2) is 6.02. The highest BCUT2D eigenvalue weighted by molar-refractivity contribution is 6.31. The minimum absolute atomic E-state index is 0.0601. The van der Waals surface area contributed by atoms with Crippen LogP contribution in [0.5, 0.6) is 0 Å². The summed E-state index contributed by atoms with van der Waals surface area (Å²) in [6.45, 7) is 7.82. The van der Waals surface area contributed by atoms with Crippen molar-refractivity contribution in [3.63, 3.8) is 0 Å². The van der Waals surface area contributed by atoms with Gasteiger partial charge in [-0.15, -0.1) is 0 Å². The number of allylic oxidation sites excluding steroid dienone is 2. The first-order valence-corrected chi connectivity index (χ1v) is 6.25. The first-order valence-electron chi connectivity index (χ1n) is 5.87. The summed E-state index contributed by atoms with van der Waals surface area (Å²) in [6, 6.07) is 6.02. The van der Waals surface area contributed by atoms with Crippen LogP contribution < -0.4 is 0 Å². The van der Waals surface area contributed by atoms with Gasteiger partial charge in [-0.05, 0) is 55.0 Å². The van der Waals surface area contributed by atoms with Crippen LogP contribution in [0, 0.1) is 5.92 Å². The van der Waals surface area contributed by atoms with Gasteiger partial charge in [-0.2, -0.15) is 0 Å². The Morgan fingerprint density at radius 1 is 1.35 bits per heavy atom. The quantitative estimate of drug-likeness (QED) is 0.718. The molecule has 0 spiro atoms. The Bertz CT molecular complexity index is 444. The Labute approximate surface area is 108 Å². The van der Waals surface area contributed by atoms with Crippen LogP contribution in [0.4, 0.5) is 0 Å². The smallest absolute Gasteiger partial charge is 0.152 e. The van der Waals surface area contributed by atoms with Crippen molar-refractivity contribution < 1.29 is 4.79 Å². The Hall–Kier alpha value is -1.08. The van der Waals surface area contributed by atoms with Gasteiger partial charge in [-0.1, -0.05) is 37.6 Å². The summed E-state index contributed by atoms with van der Waals surface area (Å²) in [7, 11) is 0. The Balaban J connectivity index is 3.00. The van der Waals surface area contributed by atoms with E-state index in [4.69, 9.17) is 11.6 Å². The summed E-state index contributed by atoms with van der Waals surface area (Å²) in [5, 5.41) is 0.785. The largest absolute Gasteiger partial charge is 0.295 e. The summed E-state index contributed by atoms with van der Waals surface area (Å²) in [4.78, 5) is 11.0. The molecule has 0 aliphatic rings. The molecule has 0 radical (unpaired) electrons. The lowest BCUT2D eigenvalue weighted by molar-refractivity contribution is -0.112. The van der Waals surface area contributed by atoms with Gasteiger partial charge in [0.2, 0.25) is 0 Å². The normalized spacial score (nSPS) is 12.0. The van der Waals surface area contributed by atoms with E-state index in [0.717, 1.165) is 22.6 Å². The maximum absolute atomic E-state index is 11.0. The van der Waals surface area contributed by atoms with Crippen LogP contribution in [0.3, 0.4) is 0 Å². The molecule has 0 unspecified atom stereocenters. The topological polar surface area (TPSA) is 17.1 Å². The molecule has 0 saturated carbocycles. The molecule has 1 aromatic rings. The van der Waals surface area contributed by atoms with Crippen LogP contribution in [-0.2, 0) is 11.2 Å². The van der Waals surface area contributed by atoms with E-state index in [9.17, 15) is 4.79 Å². The third kappa shape index (κ3) is 4.35. The monoisotopic (exact) mass is 250 g/mol. The van der Waals surface area contributed by atoms with E-state index in [1.807, 2.05) is 19.1 Å². The summed E-state index contributed by atoms with van der Waals surface area (Å²) in [6.07, 6.45) is 2.61. The molecule has 0 bridgehead atoms. The van der Waals surface area contributed by atoms with Crippen molar-refractivity contribution in [2.45, 2.75) is 34.1 Å². The van der Waals surface area contributed by atoms with Crippen LogP contribution in [0.15, 0.2) is 24.3 Å². The van der Waals surface area contributed by atoms with E-state index < -0.39 is 0 Å². The summed E-state index contributed by atoms with van der Waals surface area (Å²) >= 11 is 6.24. The maximum Gasteiger partial charge on any atom is 0.152 e. The van der Waals surface area contributed by atoms with Crippen molar-refractivity contribution in [3.8, 4) is 0 Å². The third-order valence-corrected chi connectivity index (χ3v) is 2.91. The van der Waals surface area contributed by atoms with E-state index in [-0.39, 0.29) is 5.78 Å². The van der Waals surface area contributed by atoms with Crippen LogP contribution in [0.2, 0.25) is 5.02 Å². The van der Waals surface area contributed by atoms with Crippen molar-refractivity contribution in [2.75, 3.05) is 0 Å². The molecule has 0 saturated heterocycles. The number of hydrogen-bond acceptors (Lipinski definition) is 1. The van der Waals surface area contributed by atoms with Crippen LogP contribution >= 0.6 is 11.6 Å². The molecule has 2 heteroatoms. The van der Waals surface area contributed by atoms with Gasteiger partial charge in [-0.25, -0.2) is 0 Å². The van der Waals surface area contributed by atoms with Crippen molar-refractivity contribution in [3.05, 3.63) is 40.4 Å². The lowest BCUT2D eigenvalue weighted by Gasteiger charge is -2.09. The number of benzene rings is 1. The van der Waals surface area contributed by atoms with Crippen molar-refractivity contribution in [1.29, 1.82) is 0 Å². The maximum atomic E-state index is 11.0. The van der Waals surface area contributed by atoms with Gasteiger partial charge in [-0.3, -0.25) is 4.79 Å². The minimum Gasteiger partial charge on any atom is -0.295 e. The molecule has 1 nitrogen and oxygen atoms in total. The Morgan fingerprint density at radius 2 is 2.00 bits per heavy atom. The van der Waals surface area contributed by atoms with Crippen molar-refractivity contribution in [1.82, 2.24) is 0 Å². The second-order valence-electron chi connectivity index (χ2n) is 4.84. The summed E-state index contributed by atoms with van der Waals surface area (Å²) in [5.74, 6) is 0.650. The van der Waals surface area contributed by atoms with Crippen molar-refractivity contribution >= 4 is 23.0 Å². The van der Waals surface area contributed by atoms with Gasteiger partial charge < -0.3 is 0 Å². The standard InChI is InChI=1S/C15H19ClO/c1-10(2)7-14-6-5-13(9-15(14)16)11(3)8-12(4)17/h5-6,8-10H,7H2,1-4H3/b11-8+. The van der Waals surface area contributed by atoms with Gasteiger partial charge in [0.05, 0.1) is 0 Å². The predicted octanol–water partition coefficient (Wildman–Crippen LogP) is 4.53. The minimum atomic E-state index is 0.0601. The number of rotatable bonds is 4. The van der Waals surface area contributed by atoms with Gasteiger partial charge in [0.25, 0.3) is 0 Å². The highest BCUT2D eigenvalue weighted by atomic mass is 35.5. The van der Waals surface area contributed by atoms with Crippen molar-refractivity contribution in [2.24, 2.45) is 5.92 Å². The lowest BCUT2D eigenvalue weighted by atomic mass is 9.99. The molecule has 0 fully saturated rings. The van der Waals surface area contributed by atoms with Crippen LogP contribution in [0.1, 0.15) is 38.8 Å². The zero-order valence-electron chi connectivity index (χ0n) is 10.9. The van der Waals surface area contributed by atoms with Gasteiger partial charge in [0, 0.05) is 5.02 Å². The molecular formula is C15H19ClO. The third-order valence-electron chi connectivity index (χ3n) is 2.56. The molecule has 0 aliphatic heterocycles. The summed E-state index contributed by atoms with van der Waals surface area (Å²) in [5.41, 5.74) is 3.13. The van der Waals surface area contributed by atoms with Crippen LogP contribution in [0.25, 0.3) is 5.57 Å². The molecular weight excluding hydrogens is 232 g/mol. The number of halogens is 1. The van der Waals surface area contributed by atoms with E-state index in [1.54, 1.807) is 13.0 Å². The van der Waals surface area contributed by atoms with E-state index >= 15 is 0 Å². The highest BCUT2D eigenvalue weighted by Gasteiger charge is 2.05. The zero-order valence-corrected chi connectivity index (χ0v) is 11.6. The average molecular weight is 251 g/mol. The molecule has 0 atom stereocenters. The highest BCUT2D eigenvalue weighted by Crippen LogP contribution is 2.24. The zero-order chi connectivity index (χ0) is 13.0. The van der Waals surface area contributed by atoms with Crippen LogP contribution in [-0.4, -0.2) is 5.78 Å². The van der Waals surface area contributed by atoms with Gasteiger partial charge in [0.1, 0.15) is 0 Å². The molecule has 0 aliphatic carbocycles. The average Bonchev–Trinajstić information content (AvgIpc) is 2.19. The van der Waals surface area contributed by atoms with Gasteiger partial charge in [0.15, 0.2) is 5.78 Å². The van der Waals surface area contributed by atoms with E-state index in [1.165, 1.54) is 5.56 Å². The first kappa shape index (κ1) is 14.0. The molecule has 0 aromatic heterocycles. The van der Waals surface area contributed by atoms with E-state index in [2.05, 4.69) is 19.9 Å². The fourth-order valence-corrected chi connectivity index (χ4v) is 2.04. The molecule has 92 valence electrons. The Morgan fingerprint density at radius 3 is 2.47 bits per heavy atom. The molecule has 17 heavy (non-hydrogen) atoms. The first-order chi connectivity index (χ1) is 7.90. The second-order valence-corrected chi connectivity index (χ2v) is 5.25. The number of carbonyl (C=O) groups excluding carboxylic acids is 1.